The third kappa shape index (κ3) is 4.58. The number of hydrogen-bond donors (Lipinski definition) is 2. The monoisotopic (exact) mass is 443 g/mol. The van der Waals surface area contributed by atoms with Gasteiger partial charge in [-0.15, -0.1) is 6.42 Å². The van der Waals surface area contributed by atoms with Gasteiger partial charge in [-0.3, -0.25) is 4.90 Å². The van der Waals surface area contributed by atoms with Crippen LogP contribution in [-0.2, 0) is 0 Å². The van der Waals surface area contributed by atoms with Gasteiger partial charge in [0.25, 0.3) is 0 Å². The highest BCUT2D eigenvalue weighted by molar-refractivity contribution is 5.93. The van der Waals surface area contributed by atoms with Gasteiger partial charge in [0.2, 0.25) is 0 Å². The minimum absolute atomic E-state index is 0.629. The first-order valence-corrected chi connectivity index (χ1v) is 11.5. The van der Waals surface area contributed by atoms with Gasteiger partial charge in [-0.1, -0.05) is 12.0 Å². The molecule has 7 heteroatoms. The quantitative estimate of drug-likeness (QED) is 0.408. The van der Waals surface area contributed by atoms with Gasteiger partial charge < -0.3 is 20.1 Å². The van der Waals surface area contributed by atoms with E-state index in [0.717, 1.165) is 54.1 Å². The topological polar surface area (TPSA) is 71.5 Å². The van der Waals surface area contributed by atoms with E-state index in [1.165, 1.54) is 19.3 Å². The maximum atomic E-state index is 6.17. The molecule has 2 fully saturated rings. The Labute approximate surface area is 194 Å². The lowest BCUT2D eigenvalue weighted by Crippen LogP contribution is -2.35. The van der Waals surface area contributed by atoms with Crippen molar-refractivity contribution in [2.24, 2.45) is 5.92 Å². The number of hydrogen-bond acceptors (Lipinski definition) is 7. The molecule has 2 atom stereocenters. The van der Waals surface area contributed by atoms with Crippen LogP contribution in [-0.4, -0.2) is 60.8 Å². The van der Waals surface area contributed by atoms with Gasteiger partial charge >= 0.3 is 0 Å². The fourth-order valence-corrected chi connectivity index (χ4v) is 4.93. The molecule has 7 nitrogen and oxygen atoms in total. The van der Waals surface area contributed by atoms with Crippen LogP contribution in [0.4, 0.5) is 11.5 Å². The van der Waals surface area contributed by atoms with Gasteiger partial charge in [0.1, 0.15) is 12.1 Å². The molecule has 0 spiro atoms. The Morgan fingerprint density at radius 2 is 2.15 bits per heavy atom. The highest BCUT2D eigenvalue weighted by Crippen LogP contribution is 2.35. The van der Waals surface area contributed by atoms with Crippen LogP contribution in [0.25, 0.3) is 10.9 Å². The highest BCUT2D eigenvalue weighted by Gasteiger charge is 2.36. The minimum atomic E-state index is 0.629. The van der Waals surface area contributed by atoms with Crippen LogP contribution in [0.3, 0.4) is 0 Å². The minimum Gasteiger partial charge on any atom is -0.493 e. The first kappa shape index (κ1) is 21.5. The number of methoxy groups -OCH3 is 1. The molecule has 3 aromatic rings. The van der Waals surface area contributed by atoms with Crippen molar-refractivity contribution in [3.05, 3.63) is 48.3 Å². The zero-order valence-corrected chi connectivity index (χ0v) is 18.9. The van der Waals surface area contributed by atoms with Crippen molar-refractivity contribution in [1.29, 1.82) is 0 Å². The number of benzene rings is 2. The molecule has 3 heterocycles. The number of rotatable bonds is 8. The van der Waals surface area contributed by atoms with Crippen LogP contribution >= 0.6 is 0 Å². The van der Waals surface area contributed by atoms with E-state index in [9.17, 15) is 0 Å². The van der Waals surface area contributed by atoms with Crippen molar-refractivity contribution in [1.82, 2.24) is 20.2 Å². The number of fused-ring (bicyclic) bond motifs is 2. The van der Waals surface area contributed by atoms with Crippen molar-refractivity contribution >= 4 is 22.4 Å². The molecule has 0 aliphatic carbocycles. The summed E-state index contributed by atoms with van der Waals surface area (Å²) in [6.07, 6.45) is 9.35. The van der Waals surface area contributed by atoms with Crippen molar-refractivity contribution < 1.29 is 9.47 Å². The lowest BCUT2D eigenvalue weighted by atomic mass is 10.1. The van der Waals surface area contributed by atoms with Crippen molar-refractivity contribution in [3.63, 3.8) is 0 Å². The molecular formula is C26H29N5O2. The zero-order chi connectivity index (χ0) is 22.6. The molecule has 5 rings (SSSR count). The molecule has 2 aromatic carbocycles. The molecule has 2 aliphatic heterocycles. The van der Waals surface area contributed by atoms with E-state index in [2.05, 4.69) is 31.4 Å². The third-order valence-corrected chi connectivity index (χ3v) is 6.62. The number of ether oxygens (including phenoxy) is 2. The molecule has 2 unspecified atom stereocenters. The van der Waals surface area contributed by atoms with Crippen LogP contribution < -0.4 is 20.1 Å². The van der Waals surface area contributed by atoms with Crippen LogP contribution in [0.1, 0.15) is 18.4 Å². The normalized spacial score (nSPS) is 19.9. The number of nitrogens with one attached hydrogen (secondary N) is 2. The summed E-state index contributed by atoms with van der Waals surface area (Å²) < 4.78 is 11.8. The molecule has 0 radical (unpaired) electrons. The fourth-order valence-electron chi connectivity index (χ4n) is 4.93. The SMILES string of the molecule is C#Cc1cccc(Nc2ncnc3cc(OC)c(OCCCN4CCC5CNCC54)cc23)c1. The second-order valence-corrected chi connectivity index (χ2v) is 8.60. The van der Waals surface area contributed by atoms with E-state index >= 15 is 0 Å². The fraction of sp³-hybridized carbons (Fsp3) is 0.385. The number of terminal acetylenes is 1. The van der Waals surface area contributed by atoms with Crippen molar-refractivity contribution in [2.75, 3.05) is 45.2 Å². The largest absolute Gasteiger partial charge is 0.493 e. The van der Waals surface area contributed by atoms with Crippen LogP contribution in [0, 0.1) is 18.3 Å². The predicted octanol–water partition coefficient (Wildman–Crippen LogP) is 3.43. The Kier molecular flexibility index (Phi) is 6.29. The Balaban J connectivity index is 1.30. The van der Waals surface area contributed by atoms with Crippen molar-refractivity contribution in [3.8, 4) is 23.8 Å². The van der Waals surface area contributed by atoms with Crippen molar-refractivity contribution in [2.45, 2.75) is 18.9 Å². The van der Waals surface area contributed by atoms with Gasteiger partial charge in [0, 0.05) is 41.8 Å². The Morgan fingerprint density at radius 3 is 3.03 bits per heavy atom. The average Bonchev–Trinajstić information content (AvgIpc) is 3.46. The smallest absolute Gasteiger partial charge is 0.162 e. The molecule has 0 bridgehead atoms. The Morgan fingerprint density at radius 1 is 1.21 bits per heavy atom. The molecule has 33 heavy (non-hydrogen) atoms. The number of anilines is 2. The molecular weight excluding hydrogens is 414 g/mol. The van der Waals surface area contributed by atoms with Crippen LogP contribution in [0.15, 0.2) is 42.7 Å². The molecule has 2 saturated heterocycles. The maximum absolute atomic E-state index is 6.17. The van der Waals surface area contributed by atoms with E-state index in [-0.39, 0.29) is 0 Å². The maximum Gasteiger partial charge on any atom is 0.162 e. The first-order chi connectivity index (χ1) is 16.2. The summed E-state index contributed by atoms with van der Waals surface area (Å²) >= 11 is 0. The molecule has 2 aliphatic rings. The number of nitrogens with zero attached hydrogens (tertiary/aromatic N) is 3. The first-order valence-electron chi connectivity index (χ1n) is 11.5. The Hall–Kier alpha value is -3.34. The number of likely N-dealkylation sites (tertiary alicyclic amines) is 1. The summed E-state index contributed by atoms with van der Waals surface area (Å²) in [4.78, 5) is 11.5. The van der Waals surface area contributed by atoms with Crippen LogP contribution in [0.5, 0.6) is 11.5 Å². The van der Waals surface area contributed by atoms with Gasteiger partial charge in [0.15, 0.2) is 11.5 Å². The van der Waals surface area contributed by atoms with E-state index < -0.39 is 0 Å². The van der Waals surface area contributed by atoms with E-state index in [0.29, 0.717) is 30.0 Å². The summed E-state index contributed by atoms with van der Waals surface area (Å²) in [5.74, 6) is 5.54. The molecule has 1 aromatic heterocycles. The molecule has 0 saturated carbocycles. The summed E-state index contributed by atoms with van der Waals surface area (Å²) in [6, 6.07) is 12.2. The van der Waals surface area contributed by atoms with E-state index in [4.69, 9.17) is 15.9 Å². The molecule has 170 valence electrons. The summed E-state index contributed by atoms with van der Waals surface area (Å²) in [5, 5.41) is 7.73. The Bertz CT molecular complexity index is 1180. The highest BCUT2D eigenvalue weighted by atomic mass is 16.5. The van der Waals surface area contributed by atoms with E-state index in [1.54, 1.807) is 7.11 Å². The van der Waals surface area contributed by atoms with Gasteiger partial charge in [0.05, 0.1) is 19.2 Å². The predicted molar refractivity (Wildman–Crippen MR) is 130 cm³/mol. The third-order valence-electron chi connectivity index (χ3n) is 6.62. The lowest BCUT2D eigenvalue weighted by Gasteiger charge is -2.23. The molecule has 2 N–H and O–H groups in total. The summed E-state index contributed by atoms with van der Waals surface area (Å²) in [5.41, 5.74) is 2.46. The van der Waals surface area contributed by atoms with Gasteiger partial charge in [-0.05, 0) is 56.1 Å². The van der Waals surface area contributed by atoms with Gasteiger partial charge in [-0.25, -0.2) is 9.97 Å². The zero-order valence-electron chi connectivity index (χ0n) is 18.9. The van der Waals surface area contributed by atoms with E-state index in [1.807, 2.05) is 36.4 Å². The average molecular weight is 444 g/mol. The van der Waals surface area contributed by atoms with Crippen LogP contribution in [0.2, 0.25) is 0 Å². The summed E-state index contributed by atoms with van der Waals surface area (Å²) in [6.45, 7) is 5.16. The molecule has 0 amide bonds. The lowest BCUT2D eigenvalue weighted by molar-refractivity contribution is 0.217. The summed E-state index contributed by atoms with van der Waals surface area (Å²) in [7, 11) is 1.65. The van der Waals surface area contributed by atoms with Gasteiger partial charge in [-0.2, -0.15) is 0 Å². The number of aromatic nitrogens is 2. The second kappa shape index (κ2) is 9.65. The standard InChI is InChI=1S/C26H29N5O2/c1-3-18-6-4-7-20(12-18)30-26-21-13-25(24(32-2)14-22(21)28-17-29-26)33-11-5-9-31-10-8-19-15-27-16-23(19)31/h1,4,6-7,12-14,17,19,23,27H,5,8-11,15-16H2,2H3,(H,28,29,30). The second-order valence-electron chi connectivity index (χ2n) is 8.60.